The summed E-state index contributed by atoms with van der Waals surface area (Å²) in [5, 5.41) is 16.1. The number of benzene rings is 1. The van der Waals surface area contributed by atoms with Crippen molar-refractivity contribution in [3.8, 4) is 0 Å². The predicted octanol–water partition coefficient (Wildman–Crippen LogP) is 2.20. The Morgan fingerprint density at radius 2 is 2.00 bits per heavy atom. The van der Waals surface area contributed by atoms with Gasteiger partial charge in [-0.1, -0.05) is 12.1 Å². The number of ether oxygens (including phenoxy) is 1. The number of guanidine groups is 1. The molecule has 2 aliphatic rings. The van der Waals surface area contributed by atoms with Crippen molar-refractivity contribution < 1.29 is 14.2 Å². The third-order valence-corrected chi connectivity index (χ3v) is 5.65. The quantitative estimate of drug-likeness (QED) is 0.489. The fraction of sp³-hybridized carbons (Fsp3) is 0.650. The minimum atomic E-state index is -0.194. The maximum Gasteiger partial charge on any atom is 0.191 e. The lowest BCUT2D eigenvalue weighted by molar-refractivity contribution is 0.131. The van der Waals surface area contributed by atoms with Crippen LogP contribution in [0.2, 0.25) is 0 Å². The van der Waals surface area contributed by atoms with E-state index in [1.54, 1.807) is 0 Å². The van der Waals surface area contributed by atoms with Crippen LogP contribution in [-0.2, 0) is 10.2 Å². The number of aliphatic hydroxyl groups is 1. The molecule has 1 atom stereocenters. The van der Waals surface area contributed by atoms with E-state index in [-0.39, 0.29) is 23.3 Å². The molecule has 5 nitrogen and oxygen atoms in total. The number of rotatable bonds is 8. The lowest BCUT2D eigenvalue weighted by atomic mass is 9.84. The molecule has 1 aliphatic heterocycles. The molecule has 1 aromatic rings. The second-order valence-corrected chi connectivity index (χ2v) is 7.61. The molecule has 0 bridgehead atoms. The molecule has 1 aromatic carbocycles. The van der Waals surface area contributed by atoms with Gasteiger partial charge in [0, 0.05) is 37.1 Å². The van der Waals surface area contributed by atoms with Crippen LogP contribution in [0.1, 0.15) is 38.2 Å². The Balaban J connectivity index is 1.62. The summed E-state index contributed by atoms with van der Waals surface area (Å²) in [6.07, 6.45) is 3.87. The molecule has 0 radical (unpaired) electrons. The first kappa shape index (κ1) is 19.1. The highest BCUT2D eigenvalue weighted by Gasteiger charge is 2.44. The first-order valence-electron chi connectivity index (χ1n) is 9.58. The largest absolute Gasteiger partial charge is 0.396 e. The fourth-order valence-electron chi connectivity index (χ4n) is 3.65. The van der Waals surface area contributed by atoms with E-state index in [0.29, 0.717) is 13.2 Å². The van der Waals surface area contributed by atoms with Gasteiger partial charge in [0.05, 0.1) is 13.2 Å². The summed E-state index contributed by atoms with van der Waals surface area (Å²) in [6.45, 7) is 5.84. The monoisotopic (exact) mass is 363 g/mol. The molecule has 1 unspecified atom stereocenters. The van der Waals surface area contributed by atoms with Gasteiger partial charge in [-0.05, 0) is 50.3 Å². The molecule has 3 N–H and O–H groups in total. The van der Waals surface area contributed by atoms with Crippen molar-refractivity contribution in [3.05, 3.63) is 35.6 Å². The van der Waals surface area contributed by atoms with Crippen LogP contribution in [0.4, 0.5) is 4.39 Å². The summed E-state index contributed by atoms with van der Waals surface area (Å²) in [4.78, 5) is 4.77. The van der Waals surface area contributed by atoms with Crippen LogP contribution >= 0.6 is 0 Å². The van der Waals surface area contributed by atoms with Gasteiger partial charge in [0.25, 0.3) is 0 Å². The van der Waals surface area contributed by atoms with Gasteiger partial charge >= 0.3 is 0 Å². The maximum atomic E-state index is 13.2. The number of halogens is 1. The molecule has 3 rings (SSSR count). The Kier molecular flexibility index (Phi) is 6.14. The van der Waals surface area contributed by atoms with Crippen molar-refractivity contribution in [2.45, 2.75) is 38.0 Å². The van der Waals surface area contributed by atoms with E-state index in [9.17, 15) is 9.50 Å². The van der Waals surface area contributed by atoms with Crippen molar-refractivity contribution in [2.75, 3.05) is 39.5 Å². The number of hydrogen-bond acceptors (Lipinski definition) is 3. The number of aliphatic imine (C=N–C) groups is 1. The number of nitrogens with one attached hydrogen (secondary N) is 2. The van der Waals surface area contributed by atoms with Gasteiger partial charge in [-0.15, -0.1) is 0 Å². The van der Waals surface area contributed by atoms with E-state index in [2.05, 4.69) is 10.6 Å². The minimum Gasteiger partial charge on any atom is -0.396 e. The Morgan fingerprint density at radius 1 is 1.23 bits per heavy atom. The molecule has 1 heterocycles. The summed E-state index contributed by atoms with van der Waals surface area (Å²) in [5.74, 6) is 0.602. The molecule has 26 heavy (non-hydrogen) atoms. The van der Waals surface area contributed by atoms with E-state index in [1.165, 1.54) is 17.7 Å². The van der Waals surface area contributed by atoms with Crippen LogP contribution < -0.4 is 10.6 Å². The second kappa shape index (κ2) is 8.35. The zero-order valence-corrected chi connectivity index (χ0v) is 15.6. The molecular formula is C20H30FN3O2. The van der Waals surface area contributed by atoms with Crippen molar-refractivity contribution in [1.29, 1.82) is 0 Å². The molecular weight excluding hydrogens is 333 g/mol. The zero-order chi connectivity index (χ0) is 18.5. The third kappa shape index (κ3) is 4.54. The van der Waals surface area contributed by atoms with Gasteiger partial charge in [-0.3, -0.25) is 4.99 Å². The SMILES string of the molecule is CCNC(=NCC1(CCO)CCOC1)NCC1(c2ccc(F)cc2)CC1. The average Bonchev–Trinajstić information content (AvgIpc) is 3.30. The normalized spacial score (nSPS) is 24.5. The third-order valence-electron chi connectivity index (χ3n) is 5.65. The number of aliphatic hydroxyl groups excluding tert-OH is 1. The molecule has 1 saturated heterocycles. The van der Waals surface area contributed by atoms with Gasteiger partial charge in [-0.2, -0.15) is 0 Å². The predicted molar refractivity (Wildman–Crippen MR) is 101 cm³/mol. The first-order chi connectivity index (χ1) is 12.6. The second-order valence-electron chi connectivity index (χ2n) is 7.61. The first-order valence-corrected chi connectivity index (χ1v) is 9.58. The van der Waals surface area contributed by atoms with Crippen LogP contribution in [-0.4, -0.2) is 50.5 Å². The molecule has 0 amide bonds. The highest BCUT2D eigenvalue weighted by molar-refractivity contribution is 5.80. The van der Waals surface area contributed by atoms with Crippen molar-refractivity contribution >= 4 is 5.96 Å². The Hall–Kier alpha value is -1.66. The summed E-state index contributed by atoms with van der Waals surface area (Å²) < 4.78 is 18.7. The summed E-state index contributed by atoms with van der Waals surface area (Å²) in [7, 11) is 0. The molecule has 0 spiro atoms. The van der Waals surface area contributed by atoms with Gasteiger partial charge in [0.15, 0.2) is 5.96 Å². The fourth-order valence-corrected chi connectivity index (χ4v) is 3.65. The summed E-state index contributed by atoms with van der Waals surface area (Å²) in [6, 6.07) is 6.85. The highest BCUT2D eigenvalue weighted by atomic mass is 19.1. The molecule has 1 aliphatic carbocycles. The minimum absolute atomic E-state index is 0.0503. The highest BCUT2D eigenvalue weighted by Crippen LogP contribution is 2.47. The van der Waals surface area contributed by atoms with Crippen LogP contribution in [0, 0.1) is 11.2 Å². The van der Waals surface area contributed by atoms with E-state index in [1.807, 2.05) is 19.1 Å². The van der Waals surface area contributed by atoms with Crippen LogP contribution in [0.25, 0.3) is 0 Å². The van der Waals surface area contributed by atoms with E-state index in [0.717, 1.165) is 51.3 Å². The smallest absolute Gasteiger partial charge is 0.191 e. The van der Waals surface area contributed by atoms with E-state index in [4.69, 9.17) is 9.73 Å². The zero-order valence-electron chi connectivity index (χ0n) is 15.6. The maximum absolute atomic E-state index is 13.2. The van der Waals surface area contributed by atoms with E-state index < -0.39 is 0 Å². The van der Waals surface area contributed by atoms with Gasteiger partial charge < -0.3 is 20.5 Å². The Morgan fingerprint density at radius 3 is 2.58 bits per heavy atom. The van der Waals surface area contributed by atoms with Crippen molar-refractivity contribution in [1.82, 2.24) is 10.6 Å². The van der Waals surface area contributed by atoms with Crippen molar-refractivity contribution in [2.24, 2.45) is 10.4 Å². The van der Waals surface area contributed by atoms with Crippen LogP contribution in [0.3, 0.4) is 0 Å². The summed E-state index contributed by atoms with van der Waals surface area (Å²) >= 11 is 0. The Bertz CT molecular complexity index is 608. The van der Waals surface area contributed by atoms with Gasteiger partial charge in [-0.25, -0.2) is 4.39 Å². The molecule has 6 heteroatoms. The van der Waals surface area contributed by atoms with Gasteiger partial charge in [0.2, 0.25) is 0 Å². The topological polar surface area (TPSA) is 65.9 Å². The summed E-state index contributed by atoms with van der Waals surface area (Å²) in [5.41, 5.74) is 1.22. The lowest BCUT2D eigenvalue weighted by Gasteiger charge is -2.25. The van der Waals surface area contributed by atoms with Crippen LogP contribution in [0.5, 0.6) is 0 Å². The Labute approximate surface area is 155 Å². The average molecular weight is 363 g/mol. The molecule has 144 valence electrons. The molecule has 1 saturated carbocycles. The lowest BCUT2D eigenvalue weighted by Crippen LogP contribution is -2.42. The van der Waals surface area contributed by atoms with E-state index >= 15 is 0 Å². The van der Waals surface area contributed by atoms with Gasteiger partial charge in [0.1, 0.15) is 5.82 Å². The van der Waals surface area contributed by atoms with Crippen molar-refractivity contribution in [3.63, 3.8) is 0 Å². The molecule has 2 fully saturated rings. The van der Waals surface area contributed by atoms with Crippen LogP contribution in [0.15, 0.2) is 29.3 Å². The standard InChI is InChI=1S/C20H30FN3O2/c1-2-22-18(23-13-19(9-11-25)10-12-26-15-19)24-14-20(7-8-20)16-3-5-17(21)6-4-16/h3-6,25H,2,7-15H2,1H3,(H2,22,23,24). The number of hydrogen-bond donors (Lipinski definition) is 3. The number of nitrogens with zero attached hydrogens (tertiary/aromatic N) is 1. The molecule has 0 aromatic heterocycles.